The average molecular weight is 264 g/mol. The molecule has 0 N–H and O–H groups in total. The largest absolute Gasteiger partial charge is 0.468 e. The molecule has 1 saturated carbocycles. The first-order chi connectivity index (χ1) is 9.11. The number of hydrogen-bond acceptors (Lipinski definition) is 4. The maximum Gasteiger partial charge on any atom is 0.323 e. The van der Waals surface area contributed by atoms with Crippen molar-refractivity contribution in [1.29, 1.82) is 0 Å². The summed E-state index contributed by atoms with van der Waals surface area (Å²) >= 11 is 0. The first-order valence-corrected chi connectivity index (χ1v) is 6.60. The van der Waals surface area contributed by atoms with Crippen LogP contribution in [-0.2, 0) is 19.1 Å². The zero-order valence-electron chi connectivity index (χ0n) is 11.6. The Hall–Kier alpha value is -1.58. The summed E-state index contributed by atoms with van der Waals surface area (Å²) in [6, 6.07) is 0. The minimum absolute atomic E-state index is 0.0522. The molecule has 0 heterocycles. The number of carbonyl (C=O) groups is 2. The normalized spacial score (nSPS) is 29.9. The second-order valence-corrected chi connectivity index (χ2v) is 5.13. The monoisotopic (exact) mass is 264 g/mol. The zero-order valence-corrected chi connectivity index (χ0v) is 11.6. The van der Waals surface area contributed by atoms with Gasteiger partial charge < -0.3 is 9.47 Å². The molecule has 2 rings (SSSR count). The third-order valence-corrected chi connectivity index (χ3v) is 4.44. The Morgan fingerprint density at radius 2 is 1.95 bits per heavy atom. The number of esters is 2. The minimum atomic E-state index is -1.17. The molecule has 19 heavy (non-hydrogen) atoms. The Labute approximate surface area is 113 Å². The van der Waals surface area contributed by atoms with Crippen molar-refractivity contribution in [1.82, 2.24) is 0 Å². The summed E-state index contributed by atoms with van der Waals surface area (Å²) in [5, 5.41) is 0. The molecule has 2 aliphatic rings. The van der Waals surface area contributed by atoms with Crippen molar-refractivity contribution in [3.05, 3.63) is 23.8 Å². The van der Waals surface area contributed by atoms with Gasteiger partial charge in [-0.2, -0.15) is 0 Å². The molecule has 0 saturated heterocycles. The number of methoxy groups -OCH3 is 2. The molecule has 1 fully saturated rings. The van der Waals surface area contributed by atoms with Gasteiger partial charge >= 0.3 is 11.9 Å². The second-order valence-electron chi connectivity index (χ2n) is 5.13. The number of fused-ring (bicyclic) bond motifs is 1. The van der Waals surface area contributed by atoms with Gasteiger partial charge in [0.25, 0.3) is 0 Å². The van der Waals surface area contributed by atoms with Gasteiger partial charge in [0.1, 0.15) is 0 Å². The lowest BCUT2D eigenvalue weighted by Crippen LogP contribution is -2.45. The van der Waals surface area contributed by atoms with E-state index in [-0.39, 0.29) is 11.8 Å². The quantitative estimate of drug-likeness (QED) is 0.436. The molecule has 4 nitrogen and oxygen atoms in total. The highest BCUT2D eigenvalue weighted by molar-refractivity contribution is 6.01. The van der Waals surface area contributed by atoms with E-state index in [2.05, 4.69) is 12.2 Å². The fraction of sp³-hybridized carbons (Fsp3) is 0.600. The van der Waals surface area contributed by atoms with Gasteiger partial charge in [-0.1, -0.05) is 23.8 Å². The molecule has 0 aromatic carbocycles. The van der Waals surface area contributed by atoms with Crippen LogP contribution in [0.1, 0.15) is 26.2 Å². The molecular weight excluding hydrogens is 244 g/mol. The van der Waals surface area contributed by atoms with Gasteiger partial charge in [-0.3, -0.25) is 9.59 Å². The van der Waals surface area contributed by atoms with Crippen molar-refractivity contribution in [2.24, 2.45) is 17.3 Å². The minimum Gasteiger partial charge on any atom is -0.468 e. The van der Waals surface area contributed by atoms with Gasteiger partial charge in [-0.25, -0.2) is 0 Å². The smallest absolute Gasteiger partial charge is 0.323 e. The molecule has 0 aromatic rings. The molecule has 104 valence electrons. The van der Waals surface area contributed by atoms with Crippen molar-refractivity contribution in [3.63, 3.8) is 0 Å². The number of ether oxygens (including phenoxy) is 2. The van der Waals surface area contributed by atoms with E-state index in [1.54, 1.807) is 0 Å². The molecule has 2 aliphatic carbocycles. The van der Waals surface area contributed by atoms with Crippen LogP contribution in [0, 0.1) is 17.3 Å². The van der Waals surface area contributed by atoms with E-state index in [4.69, 9.17) is 9.47 Å². The molecular formula is C15H20O4. The molecule has 0 spiro atoms. The van der Waals surface area contributed by atoms with E-state index in [9.17, 15) is 9.59 Å². The van der Waals surface area contributed by atoms with Crippen LogP contribution in [-0.4, -0.2) is 26.2 Å². The third kappa shape index (κ3) is 1.90. The van der Waals surface area contributed by atoms with Gasteiger partial charge in [-0.05, 0) is 32.1 Å². The van der Waals surface area contributed by atoms with Crippen molar-refractivity contribution in [2.75, 3.05) is 14.2 Å². The third-order valence-electron chi connectivity index (χ3n) is 4.44. The van der Waals surface area contributed by atoms with E-state index >= 15 is 0 Å². The Bertz CT molecular complexity index is 431. The summed E-state index contributed by atoms with van der Waals surface area (Å²) in [6.45, 7) is 1.94. The first-order valence-electron chi connectivity index (χ1n) is 6.60. The van der Waals surface area contributed by atoms with Gasteiger partial charge in [0.05, 0.1) is 14.2 Å². The topological polar surface area (TPSA) is 52.6 Å². The summed E-state index contributed by atoms with van der Waals surface area (Å²) < 4.78 is 9.82. The second kappa shape index (κ2) is 5.19. The molecule has 0 aliphatic heterocycles. The maximum absolute atomic E-state index is 12.3. The number of allylic oxidation sites excluding steroid dienone is 4. The van der Waals surface area contributed by atoms with Crippen LogP contribution >= 0.6 is 0 Å². The Morgan fingerprint density at radius 1 is 1.32 bits per heavy atom. The van der Waals surface area contributed by atoms with Crippen molar-refractivity contribution in [3.8, 4) is 0 Å². The lowest BCUT2D eigenvalue weighted by Gasteiger charge is -2.32. The summed E-state index contributed by atoms with van der Waals surface area (Å²) in [5.74, 6) is -0.844. The van der Waals surface area contributed by atoms with Crippen LogP contribution in [0.25, 0.3) is 0 Å². The summed E-state index contributed by atoms with van der Waals surface area (Å²) in [6.07, 6.45) is 8.33. The number of hydrogen-bond donors (Lipinski definition) is 0. The molecule has 0 aromatic heterocycles. The van der Waals surface area contributed by atoms with Gasteiger partial charge in [0.2, 0.25) is 0 Å². The van der Waals surface area contributed by atoms with E-state index in [0.29, 0.717) is 6.42 Å². The van der Waals surface area contributed by atoms with Crippen molar-refractivity contribution >= 4 is 11.9 Å². The number of rotatable bonds is 2. The molecule has 0 bridgehead atoms. The molecule has 2 atom stereocenters. The fourth-order valence-electron chi connectivity index (χ4n) is 3.53. The van der Waals surface area contributed by atoms with Crippen LogP contribution in [0.2, 0.25) is 0 Å². The Balaban J connectivity index is 2.52. The van der Waals surface area contributed by atoms with E-state index in [0.717, 1.165) is 18.4 Å². The molecule has 0 radical (unpaired) electrons. The fourth-order valence-corrected chi connectivity index (χ4v) is 3.53. The van der Waals surface area contributed by atoms with Crippen molar-refractivity contribution < 1.29 is 19.1 Å². The van der Waals surface area contributed by atoms with Gasteiger partial charge in [-0.15, -0.1) is 0 Å². The Kier molecular flexibility index (Phi) is 3.78. The summed E-state index contributed by atoms with van der Waals surface area (Å²) in [4.78, 5) is 24.6. The first kappa shape index (κ1) is 13.8. The Morgan fingerprint density at radius 3 is 2.47 bits per heavy atom. The molecule has 4 heteroatoms. The highest BCUT2D eigenvalue weighted by Gasteiger charge is 2.61. The van der Waals surface area contributed by atoms with Crippen LogP contribution in [0.5, 0.6) is 0 Å². The highest BCUT2D eigenvalue weighted by atomic mass is 16.5. The lowest BCUT2D eigenvalue weighted by molar-refractivity contribution is -0.172. The SMILES string of the molecule is C/C=C1\CC(C(=O)OC)(C(=O)OC)C2CCC=CC12. The average Bonchev–Trinajstić information content (AvgIpc) is 2.81. The van der Waals surface area contributed by atoms with Crippen LogP contribution in [0.15, 0.2) is 23.8 Å². The van der Waals surface area contributed by atoms with Gasteiger partial charge in [0.15, 0.2) is 5.41 Å². The predicted octanol–water partition coefficient (Wildman–Crippen LogP) is 2.25. The van der Waals surface area contributed by atoms with E-state index in [1.165, 1.54) is 14.2 Å². The lowest BCUT2D eigenvalue weighted by atomic mass is 9.71. The van der Waals surface area contributed by atoms with Gasteiger partial charge in [0, 0.05) is 5.92 Å². The summed E-state index contributed by atoms with van der Waals surface area (Å²) in [5.41, 5.74) is -0.0439. The van der Waals surface area contributed by atoms with Crippen LogP contribution < -0.4 is 0 Å². The molecule has 0 amide bonds. The van der Waals surface area contributed by atoms with Crippen LogP contribution in [0.4, 0.5) is 0 Å². The van der Waals surface area contributed by atoms with E-state index in [1.807, 2.05) is 13.0 Å². The van der Waals surface area contributed by atoms with Crippen LogP contribution in [0.3, 0.4) is 0 Å². The standard InChI is InChI=1S/C15H20O4/c1-4-10-9-15(13(16)18-2,14(17)19-3)12-8-6-5-7-11(10)12/h4-5,7,11-12H,6,8-9H2,1-3H3/b10-4+. The van der Waals surface area contributed by atoms with E-state index < -0.39 is 17.4 Å². The van der Waals surface area contributed by atoms with Crippen molar-refractivity contribution in [2.45, 2.75) is 26.2 Å². The number of carbonyl (C=O) groups excluding carboxylic acids is 2. The maximum atomic E-state index is 12.3. The zero-order chi connectivity index (χ0) is 14.0. The predicted molar refractivity (Wildman–Crippen MR) is 70.2 cm³/mol. The molecule has 2 unspecified atom stereocenters. The highest BCUT2D eigenvalue weighted by Crippen LogP contribution is 2.55. The summed E-state index contributed by atoms with van der Waals surface area (Å²) in [7, 11) is 2.66.